The molecule has 2 aromatic rings. The molecule has 1 heterocycles. The van der Waals surface area contributed by atoms with Gasteiger partial charge in [0.1, 0.15) is 5.75 Å². The molecule has 2 aliphatic rings. The Morgan fingerprint density at radius 2 is 1.70 bits per heavy atom. The number of nitrogens with zero attached hydrogens (tertiary/aromatic N) is 2. The van der Waals surface area contributed by atoms with Crippen LogP contribution in [0.15, 0.2) is 36.4 Å². The standard InChI is InChI=1S/C26H34N2O4.ClH/c1-27(25(29)17-18-10-13-23(31-3)24(16-18)32-4)26-20-8-7-9-22(30-2)19(20)11-12-21(26)28-14-5-6-15-28;/h7-10,13,16,21,26H,5-6,11-12,14-15,17H2,1-4H3;1H/t21-,26-;/m0./s1. The maximum Gasteiger partial charge on any atom is 0.227 e. The van der Waals surface area contributed by atoms with E-state index in [-0.39, 0.29) is 24.4 Å². The third kappa shape index (κ3) is 5.07. The van der Waals surface area contributed by atoms with Gasteiger partial charge in [-0.3, -0.25) is 9.69 Å². The van der Waals surface area contributed by atoms with Crippen molar-refractivity contribution in [3.63, 3.8) is 0 Å². The number of ether oxygens (including phenoxy) is 3. The smallest absolute Gasteiger partial charge is 0.227 e. The predicted octanol–water partition coefficient (Wildman–Crippen LogP) is 4.29. The highest BCUT2D eigenvalue weighted by Gasteiger charge is 2.39. The summed E-state index contributed by atoms with van der Waals surface area (Å²) >= 11 is 0. The molecular weight excluding hydrogens is 440 g/mol. The van der Waals surface area contributed by atoms with E-state index in [0.717, 1.165) is 37.2 Å². The van der Waals surface area contributed by atoms with Crippen LogP contribution in [-0.2, 0) is 17.6 Å². The van der Waals surface area contributed by atoms with Gasteiger partial charge in [0.25, 0.3) is 0 Å². The van der Waals surface area contributed by atoms with Crippen LogP contribution in [0.4, 0.5) is 0 Å². The van der Waals surface area contributed by atoms with Gasteiger partial charge in [-0.2, -0.15) is 0 Å². The van der Waals surface area contributed by atoms with Crippen LogP contribution in [0.25, 0.3) is 0 Å². The van der Waals surface area contributed by atoms with Crippen LogP contribution in [0.2, 0.25) is 0 Å². The van der Waals surface area contributed by atoms with Crippen molar-refractivity contribution in [2.75, 3.05) is 41.5 Å². The average Bonchev–Trinajstić information content (AvgIpc) is 3.37. The minimum Gasteiger partial charge on any atom is -0.496 e. The van der Waals surface area contributed by atoms with Gasteiger partial charge < -0.3 is 19.1 Å². The van der Waals surface area contributed by atoms with Gasteiger partial charge in [-0.1, -0.05) is 18.2 Å². The first-order chi connectivity index (χ1) is 15.6. The number of carbonyl (C=O) groups excluding carboxylic acids is 1. The molecule has 4 rings (SSSR count). The van der Waals surface area contributed by atoms with Crippen LogP contribution < -0.4 is 14.2 Å². The number of halogens is 1. The van der Waals surface area contributed by atoms with Crippen molar-refractivity contribution < 1.29 is 19.0 Å². The van der Waals surface area contributed by atoms with E-state index < -0.39 is 0 Å². The fraction of sp³-hybridized carbons (Fsp3) is 0.500. The van der Waals surface area contributed by atoms with Crippen LogP contribution in [0.1, 0.15) is 42.0 Å². The zero-order valence-corrected chi connectivity index (χ0v) is 20.8. The van der Waals surface area contributed by atoms with E-state index in [0.29, 0.717) is 24.0 Å². The Morgan fingerprint density at radius 3 is 2.36 bits per heavy atom. The molecule has 0 aromatic heterocycles. The van der Waals surface area contributed by atoms with E-state index in [1.807, 2.05) is 42.3 Å². The van der Waals surface area contributed by atoms with E-state index >= 15 is 0 Å². The quantitative estimate of drug-likeness (QED) is 0.599. The molecule has 1 saturated heterocycles. The van der Waals surface area contributed by atoms with Gasteiger partial charge in [-0.15, -0.1) is 12.4 Å². The van der Waals surface area contributed by atoms with Gasteiger partial charge in [0.2, 0.25) is 5.91 Å². The summed E-state index contributed by atoms with van der Waals surface area (Å²) in [6.45, 7) is 2.22. The van der Waals surface area contributed by atoms with Gasteiger partial charge >= 0.3 is 0 Å². The minimum atomic E-state index is 0. The van der Waals surface area contributed by atoms with E-state index in [2.05, 4.69) is 11.0 Å². The second-order valence-corrected chi connectivity index (χ2v) is 8.69. The Kier molecular flexibility index (Phi) is 8.49. The summed E-state index contributed by atoms with van der Waals surface area (Å²) in [5, 5.41) is 0. The maximum atomic E-state index is 13.5. The maximum absolute atomic E-state index is 13.5. The lowest BCUT2D eigenvalue weighted by atomic mass is 9.81. The number of rotatable bonds is 7. The number of methoxy groups -OCH3 is 3. The Hall–Kier alpha value is -2.44. The molecule has 0 N–H and O–H groups in total. The normalized spacial score (nSPS) is 19.9. The van der Waals surface area contributed by atoms with Crippen molar-refractivity contribution in [3.8, 4) is 17.2 Å². The summed E-state index contributed by atoms with van der Waals surface area (Å²) < 4.78 is 16.4. The number of likely N-dealkylation sites (N-methyl/N-ethyl adjacent to an activating group) is 1. The number of amides is 1. The first kappa shape index (κ1) is 25.2. The first-order valence-electron chi connectivity index (χ1n) is 11.4. The fourth-order valence-corrected chi connectivity index (χ4v) is 5.34. The molecule has 0 bridgehead atoms. The summed E-state index contributed by atoms with van der Waals surface area (Å²) in [7, 11) is 6.90. The summed E-state index contributed by atoms with van der Waals surface area (Å²) in [4.78, 5) is 18.0. The van der Waals surface area contributed by atoms with Gasteiger partial charge in [-0.05, 0) is 73.7 Å². The summed E-state index contributed by atoms with van der Waals surface area (Å²) in [5.74, 6) is 2.33. The van der Waals surface area contributed by atoms with Crippen molar-refractivity contribution in [2.45, 2.75) is 44.2 Å². The van der Waals surface area contributed by atoms with Crippen LogP contribution in [0.5, 0.6) is 17.2 Å². The molecule has 6 nitrogen and oxygen atoms in total. The van der Waals surface area contributed by atoms with Gasteiger partial charge in [0, 0.05) is 13.1 Å². The van der Waals surface area contributed by atoms with Crippen molar-refractivity contribution in [2.24, 2.45) is 0 Å². The number of fused-ring (bicyclic) bond motifs is 1. The summed E-state index contributed by atoms with van der Waals surface area (Å²) in [6.07, 6.45) is 4.80. The van der Waals surface area contributed by atoms with Crippen molar-refractivity contribution >= 4 is 18.3 Å². The highest BCUT2D eigenvalue weighted by molar-refractivity contribution is 5.85. The Morgan fingerprint density at radius 1 is 1.00 bits per heavy atom. The minimum absolute atomic E-state index is 0. The van der Waals surface area contributed by atoms with Crippen molar-refractivity contribution in [1.29, 1.82) is 0 Å². The van der Waals surface area contributed by atoms with Gasteiger partial charge in [-0.25, -0.2) is 0 Å². The van der Waals surface area contributed by atoms with Gasteiger partial charge in [0.15, 0.2) is 11.5 Å². The molecule has 0 saturated carbocycles. The number of benzene rings is 2. The molecule has 2 aromatic carbocycles. The lowest BCUT2D eigenvalue weighted by Crippen LogP contribution is -2.48. The van der Waals surface area contributed by atoms with E-state index in [1.54, 1.807) is 21.3 Å². The SMILES string of the molecule is COc1ccc(CC(=O)N(C)[C@H]2c3cccc(OC)c3CC[C@@H]2N2CCCC2)cc1OC.Cl. The lowest BCUT2D eigenvalue weighted by molar-refractivity contribution is -0.133. The van der Waals surface area contributed by atoms with Gasteiger partial charge in [0.05, 0.1) is 33.8 Å². The van der Waals surface area contributed by atoms with Crippen LogP contribution in [0.3, 0.4) is 0 Å². The summed E-state index contributed by atoms with van der Waals surface area (Å²) in [6, 6.07) is 12.3. The lowest BCUT2D eigenvalue weighted by Gasteiger charge is -2.44. The van der Waals surface area contributed by atoms with Crippen LogP contribution in [0, 0.1) is 0 Å². The largest absolute Gasteiger partial charge is 0.496 e. The molecule has 0 spiro atoms. The summed E-state index contributed by atoms with van der Waals surface area (Å²) in [5.41, 5.74) is 3.37. The number of likely N-dealkylation sites (tertiary alicyclic amines) is 1. The zero-order valence-electron chi connectivity index (χ0n) is 20.0. The highest BCUT2D eigenvalue weighted by Crippen LogP contribution is 2.41. The second-order valence-electron chi connectivity index (χ2n) is 8.69. The van der Waals surface area contributed by atoms with Crippen molar-refractivity contribution in [1.82, 2.24) is 9.80 Å². The molecule has 0 radical (unpaired) electrons. The molecule has 7 heteroatoms. The van der Waals surface area contributed by atoms with Crippen LogP contribution in [-0.4, -0.2) is 63.2 Å². The predicted molar refractivity (Wildman–Crippen MR) is 132 cm³/mol. The first-order valence-corrected chi connectivity index (χ1v) is 11.4. The van der Waals surface area contributed by atoms with E-state index in [1.165, 1.54) is 24.0 Å². The number of hydrogen-bond donors (Lipinski definition) is 0. The molecule has 33 heavy (non-hydrogen) atoms. The number of hydrogen-bond acceptors (Lipinski definition) is 5. The third-order valence-corrected chi connectivity index (χ3v) is 6.99. The highest BCUT2D eigenvalue weighted by atomic mass is 35.5. The van der Waals surface area contributed by atoms with Crippen molar-refractivity contribution in [3.05, 3.63) is 53.1 Å². The zero-order chi connectivity index (χ0) is 22.7. The van der Waals surface area contributed by atoms with E-state index in [9.17, 15) is 4.79 Å². The Labute approximate surface area is 203 Å². The molecule has 1 aliphatic heterocycles. The molecule has 0 unspecified atom stereocenters. The van der Waals surface area contributed by atoms with E-state index in [4.69, 9.17) is 14.2 Å². The molecule has 2 atom stereocenters. The fourth-order valence-electron chi connectivity index (χ4n) is 5.34. The molecule has 1 fully saturated rings. The topological polar surface area (TPSA) is 51.2 Å². The molecule has 180 valence electrons. The molecule has 1 aliphatic carbocycles. The third-order valence-electron chi connectivity index (χ3n) is 6.99. The second kappa shape index (κ2) is 11.1. The average molecular weight is 475 g/mol. The molecule has 1 amide bonds. The Bertz CT molecular complexity index is 961. The van der Waals surface area contributed by atoms with Crippen LogP contribution >= 0.6 is 12.4 Å². The monoisotopic (exact) mass is 474 g/mol. The molecular formula is C26H35ClN2O4. The number of carbonyl (C=O) groups is 1. The Balaban J connectivity index is 0.00000306.